The Bertz CT molecular complexity index is 612. The fraction of sp³-hybridized carbons (Fsp3) is 0.250. The van der Waals surface area contributed by atoms with E-state index in [4.69, 9.17) is 5.73 Å². The number of carbonyl (C=O) groups is 1. The zero-order valence-corrected chi connectivity index (χ0v) is 10.7. The van der Waals surface area contributed by atoms with Crippen LogP contribution in [0.5, 0.6) is 0 Å². The van der Waals surface area contributed by atoms with E-state index in [0.717, 1.165) is 5.01 Å². The number of halogens is 1. The number of hydrogen-bond donors (Lipinski definition) is 1. The smallest absolute Gasteiger partial charge is 0.227 e. The second-order valence-corrected chi connectivity index (χ2v) is 5.40. The lowest BCUT2D eigenvalue weighted by Crippen LogP contribution is -2.24. The lowest BCUT2D eigenvalue weighted by Gasteiger charge is -2.16. The third-order valence-corrected chi connectivity index (χ3v) is 3.98. The van der Waals surface area contributed by atoms with Gasteiger partial charge in [0.15, 0.2) is 0 Å². The number of hydrogen-bond acceptors (Lipinski definition) is 5. The number of nitrogen functional groups attached to an aromatic ring is 1. The summed E-state index contributed by atoms with van der Waals surface area (Å²) < 4.78 is 12.9. The molecular weight excluding hydrogens is 267 g/mol. The number of carbonyl (C=O) groups excluding carboxylic acids is 1. The zero-order valence-electron chi connectivity index (χ0n) is 9.91. The number of rotatable bonds is 2. The second kappa shape index (κ2) is 4.58. The maximum absolute atomic E-state index is 12.9. The van der Waals surface area contributed by atoms with Crippen molar-refractivity contribution in [1.82, 2.24) is 10.2 Å². The maximum Gasteiger partial charge on any atom is 0.227 e. The van der Waals surface area contributed by atoms with Gasteiger partial charge in [-0.05, 0) is 24.3 Å². The molecule has 1 atom stereocenters. The molecule has 98 valence electrons. The van der Waals surface area contributed by atoms with Gasteiger partial charge in [0.1, 0.15) is 10.8 Å². The van der Waals surface area contributed by atoms with Crippen molar-refractivity contribution >= 4 is 28.1 Å². The van der Waals surface area contributed by atoms with Crippen LogP contribution in [0.25, 0.3) is 0 Å². The van der Waals surface area contributed by atoms with E-state index < -0.39 is 0 Å². The van der Waals surface area contributed by atoms with E-state index in [-0.39, 0.29) is 17.6 Å². The number of aromatic nitrogens is 2. The summed E-state index contributed by atoms with van der Waals surface area (Å²) in [5.41, 5.74) is 6.25. The molecule has 0 unspecified atom stereocenters. The van der Waals surface area contributed by atoms with Crippen molar-refractivity contribution in [3.63, 3.8) is 0 Å². The van der Waals surface area contributed by atoms with Crippen LogP contribution in [0.15, 0.2) is 24.3 Å². The molecule has 0 bridgehead atoms. The summed E-state index contributed by atoms with van der Waals surface area (Å²) in [6.07, 6.45) is 0.381. The van der Waals surface area contributed by atoms with Gasteiger partial charge in [-0.2, -0.15) is 0 Å². The fourth-order valence-corrected chi connectivity index (χ4v) is 2.86. The van der Waals surface area contributed by atoms with Crippen LogP contribution in [0, 0.1) is 5.82 Å². The number of amides is 1. The van der Waals surface area contributed by atoms with Crippen LogP contribution in [-0.4, -0.2) is 22.6 Å². The summed E-state index contributed by atoms with van der Waals surface area (Å²) in [6, 6.07) is 5.89. The number of anilines is 2. The maximum atomic E-state index is 12.9. The van der Waals surface area contributed by atoms with Crippen molar-refractivity contribution in [1.29, 1.82) is 0 Å². The first-order valence-corrected chi connectivity index (χ1v) is 6.60. The zero-order chi connectivity index (χ0) is 13.4. The first-order chi connectivity index (χ1) is 9.13. The third kappa shape index (κ3) is 2.28. The van der Waals surface area contributed by atoms with Crippen molar-refractivity contribution in [2.24, 2.45) is 0 Å². The van der Waals surface area contributed by atoms with Crippen molar-refractivity contribution in [2.45, 2.75) is 12.3 Å². The quantitative estimate of drug-likeness (QED) is 0.909. The molecule has 0 spiro atoms. The number of benzene rings is 1. The van der Waals surface area contributed by atoms with E-state index in [0.29, 0.717) is 23.8 Å². The average molecular weight is 278 g/mol. The third-order valence-electron chi connectivity index (χ3n) is 3.07. The highest BCUT2D eigenvalue weighted by atomic mass is 32.1. The van der Waals surface area contributed by atoms with Gasteiger partial charge in [-0.3, -0.25) is 4.79 Å². The summed E-state index contributed by atoms with van der Waals surface area (Å²) >= 11 is 1.30. The van der Waals surface area contributed by atoms with Gasteiger partial charge in [0.2, 0.25) is 11.0 Å². The van der Waals surface area contributed by atoms with Crippen molar-refractivity contribution in [2.75, 3.05) is 17.2 Å². The fourth-order valence-electron chi connectivity index (χ4n) is 2.16. The molecule has 1 aromatic heterocycles. The van der Waals surface area contributed by atoms with Crippen LogP contribution in [-0.2, 0) is 4.79 Å². The van der Waals surface area contributed by atoms with E-state index >= 15 is 0 Å². The molecule has 3 rings (SSSR count). The summed E-state index contributed by atoms with van der Waals surface area (Å²) in [5, 5.41) is 8.92. The van der Waals surface area contributed by atoms with Crippen LogP contribution in [0.1, 0.15) is 17.3 Å². The van der Waals surface area contributed by atoms with Crippen molar-refractivity contribution in [3.05, 3.63) is 35.1 Å². The van der Waals surface area contributed by atoms with Crippen LogP contribution in [0.3, 0.4) is 0 Å². The summed E-state index contributed by atoms with van der Waals surface area (Å²) in [6.45, 7) is 0.527. The predicted molar refractivity (Wildman–Crippen MR) is 70.4 cm³/mol. The molecule has 1 aliphatic rings. The van der Waals surface area contributed by atoms with Crippen molar-refractivity contribution in [3.8, 4) is 0 Å². The minimum absolute atomic E-state index is 0.00498. The Hall–Kier alpha value is -2.02. The first kappa shape index (κ1) is 12.0. The first-order valence-electron chi connectivity index (χ1n) is 5.78. The minimum Gasteiger partial charge on any atom is -0.374 e. The Kier molecular flexibility index (Phi) is 2.90. The van der Waals surface area contributed by atoms with E-state index in [9.17, 15) is 9.18 Å². The summed E-state index contributed by atoms with van der Waals surface area (Å²) in [7, 11) is 0. The molecule has 0 saturated carbocycles. The molecule has 7 heteroatoms. The van der Waals surface area contributed by atoms with Gasteiger partial charge in [-0.15, -0.1) is 10.2 Å². The highest BCUT2D eigenvalue weighted by Gasteiger charge is 2.33. The Morgan fingerprint density at radius 1 is 1.32 bits per heavy atom. The standard InChI is InChI=1S/C12H11FN4OS/c13-8-1-3-9(4-2-8)17-6-7(5-10(17)18)11-15-16-12(14)19-11/h1-4,7H,5-6H2,(H2,14,16)/t7-/m1/s1. The van der Waals surface area contributed by atoms with Crippen LogP contribution >= 0.6 is 11.3 Å². The van der Waals surface area contributed by atoms with Gasteiger partial charge in [0.05, 0.1) is 0 Å². The summed E-state index contributed by atoms with van der Waals surface area (Å²) in [5.74, 6) is -0.304. The van der Waals surface area contributed by atoms with E-state index in [1.165, 1.54) is 23.5 Å². The van der Waals surface area contributed by atoms with Gasteiger partial charge < -0.3 is 10.6 Å². The number of nitrogens with zero attached hydrogens (tertiary/aromatic N) is 3. The molecule has 1 amide bonds. The van der Waals surface area contributed by atoms with Crippen LogP contribution in [0.2, 0.25) is 0 Å². The van der Waals surface area contributed by atoms with Gasteiger partial charge in [-0.1, -0.05) is 11.3 Å². The van der Waals surface area contributed by atoms with E-state index in [1.54, 1.807) is 17.0 Å². The van der Waals surface area contributed by atoms with E-state index in [1.807, 2.05) is 0 Å². The highest BCUT2D eigenvalue weighted by molar-refractivity contribution is 7.15. The lowest BCUT2D eigenvalue weighted by atomic mass is 10.1. The molecule has 2 heterocycles. The second-order valence-electron chi connectivity index (χ2n) is 4.36. The molecule has 2 N–H and O–H groups in total. The molecule has 0 aliphatic carbocycles. The van der Waals surface area contributed by atoms with Gasteiger partial charge in [0.25, 0.3) is 0 Å². The topological polar surface area (TPSA) is 72.1 Å². The molecular formula is C12H11FN4OS. The Labute approximate surface area is 112 Å². The molecule has 1 aromatic carbocycles. The molecule has 1 fully saturated rings. The van der Waals surface area contributed by atoms with Gasteiger partial charge in [-0.25, -0.2) is 4.39 Å². The van der Waals surface area contributed by atoms with Crippen molar-refractivity contribution < 1.29 is 9.18 Å². The van der Waals surface area contributed by atoms with E-state index in [2.05, 4.69) is 10.2 Å². The molecule has 1 saturated heterocycles. The molecule has 1 aliphatic heterocycles. The normalized spacial score (nSPS) is 19.1. The molecule has 19 heavy (non-hydrogen) atoms. The average Bonchev–Trinajstić information content (AvgIpc) is 2.97. The minimum atomic E-state index is -0.316. The van der Waals surface area contributed by atoms with Gasteiger partial charge >= 0.3 is 0 Å². The molecule has 0 radical (unpaired) electrons. The number of nitrogens with two attached hydrogens (primary N) is 1. The molecule has 5 nitrogen and oxygen atoms in total. The van der Waals surface area contributed by atoms with Crippen LogP contribution < -0.4 is 10.6 Å². The Morgan fingerprint density at radius 3 is 2.68 bits per heavy atom. The lowest BCUT2D eigenvalue weighted by molar-refractivity contribution is -0.117. The monoisotopic (exact) mass is 278 g/mol. The largest absolute Gasteiger partial charge is 0.374 e. The van der Waals surface area contributed by atoms with Gasteiger partial charge in [0, 0.05) is 24.6 Å². The Balaban J connectivity index is 1.82. The molecule has 2 aromatic rings. The van der Waals surface area contributed by atoms with Crippen LogP contribution in [0.4, 0.5) is 15.2 Å². The summed E-state index contributed by atoms with van der Waals surface area (Å²) in [4.78, 5) is 13.6. The Morgan fingerprint density at radius 2 is 2.05 bits per heavy atom. The highest BCUT2D eigenvalue weighted by Crippen LogP contribution is 2.33. The predicted octanol–water partition coefficient (Wildman–Crippen LogP) is 1.78. The SMILES string of the molecule is Nc1nnc([C@@H]2CC(=O)N(c3ccc(F)cc3)C2)s1.